The monoisotopic (exact) mass is 458 g/mol. The largest absolute Gasteiger partial charge is 0.497 e. The number of nitrogens with one attached hydrogen (secondary N) is 1. The molecule has 3 rings (SSSR count). The highest BCUT2D eigenvalue weighted by Crippen LogP contribution is 2.30. The van der Waals surface area contributed by atoms with Crippen molar-refractivity contribution in [2.75, 3.05) is 25.3 Å². The molecule has 7 nitrogen and oxygen atoms in total. The molecule has 9 heteroatoms. The van der Waals surface area contributed by atoms with E-state index in [0.29, 0.717) is 28.9 Å². The van der Waals surface area contributed by atoms with Gasteiger partial charge in [-0.1, -0.05) is 31.2 Å². The van der Waals surface area contributed by atoms with E-state index in [1.54, 1.807) is 49.8 Å². The minimum absolute atomic E-state index is 0.163. The lowest BCUT2D eigenvalue weighted by molar-refractivity contribution is -0.113. The number of ether oxygens (including phenoxy) is 2. The van der Waals surface area contributed by atoms with Crippen LogP contribution in [0.2, 0.25) is 0 Å². The highest BCUT2D eigenvalue weighted by Gasteiger charge is 2.17. The summed E-state index contributed by atoms with van der Waals surface area (Å²) >= 11 is 3.07. The maximum Gasteiger partial charge on any atom is 0.234 e. The van der Waals surface area contributed by atoms with Gasteiger partial charge in [0.25, 0.3) is 0 Å². The second-order valence-corrected chi connectivity index (χ2v) is 8.60. The molecule has 0 spiro atoms. The first-order chi connectivity index (χ1) is 15.1. The Kier molecular flexibility index (Phi) is 8.13. The lowest BCUT2D eigenvalue weighted by atomic mass is 10.2. The summed E-state index contributed by atoms with van der Waals surface area (Å²) in [6.45, 7) is 6.58. The number of allylic oxidation sites excluding steroid dienone is 1. The van der Waals surface area contributed by atoms with E-state index in [4.69, 9.17) is 9.47 Å². The molecule has 1 amide bonds. The Morgan fingerprint density at radius 1 is 1.29 bits per heavy atom. The van der Waals surface area contributed by atoms with Crippen LogP contribution in [0.1, 0.15) is 18.2 Å². The first kappa shape index (κ1) is 22.9. The highest BCUT2D eigenvalue weighted by molar-refractivity contribution is 7.99. The van der Waals surface area contributed by atoms with Gasteiger partial charge in [0.2, 0.25) is 5.91 Å². The summed E-state index contributed by atoms with van der Waals surface area (Å²) in [5.74, 6) is 2.01. The van der Waals surface area contributed by atoms with E-state index in [1.807, 2.05) is 4.57 Å². The highest BCUT2D eigenvalue weighted by atomic mass is 32.2. The second kappa shape index (κ2) is 11.0. The summed E-state index contributed by atoms with van der Waals surface area (Å²) in [6, 6.07) is 7.41. The Morgan fingerprint density at radius 3 is 2.84 bits per heavy atom. The van der Waals surface area contributed by atoms with E-state index in [0.717, 1.165) is 24.2 Å². The fourth-order valence-corrected chi connectivity index (χ4v) is 4.71. The molecule has 0 fully saturated rings. The molecule has 2 heterocycles. The molecule has 0 saturated heterocycles. The number of thioether (sulfide) groups is 1. The van der Waals surface area contributed by atoms with Crippen LogP contribution in [0.3, 0.4) is 0 Å². The molecule has 0 saturated carbocycles. The van der Waals surface area contributed by atoms with Gasteiger partial charge in [-0.2, -0.15) is 0 Å². The fraction of sp³-hybridized carbons (Fsp3) is 0.318. The average molecular weight is 459 g/mol. The molecular formula is C22H26N4O3S2. The van der Waals surface area contributed by atoms with Crippen LogP contribution in [-0.4, -0.2) is 40.6 Å². The average Bonchev–Trinajstić information content (AvgIpc) is 3.40. The van der Waals surface area contributed by atoms with Crippen molar-refractivity contribution < 1.29 is 14.3 Å². The normalized spacial score (nSPS) is 10.7. The van der Waals surface area contributed by atoms with Crippen LogP contribution in [0.5, 0.6) is 11.5 Å². The topological polar surface area (TPSA) is 78.3 Å². The van der Waals surface area contributed by atoms with Crippen molar-refractivity contribution in [3.8, 4) is 22.9 Å². The number of hydrogen-bond acceptors (Lipinski definition) is 7. The summed E-state index contributed by atoms with van der Waals surface area (Å²) in [7, 11) is 3.13. The van der Waals surface area contributed by atoms with Crippen LogP contribution in [-0.2, 0) is 17.8 Å². The molecule has 1 aromatic carbocycles. The number of methoxy groups -OCH3 is 2. The molecule has 0 aliphatic carbocycles. The molecule has 0 atom stereocenters. The number of aromatic nitrogens is 3. The second-order valence-electron chi connectivity index (χ2n) is 6.66. The predicted octanol–water partition coefficient (Wildman–Crippen LogP) is 4.89. The van der Waals surface area contributed by atoms with Crippen molar-refractivity contribution in [1.82, 2.24) is 14.8 Å². The zero-order valence-corrected chi connectivity index (χ0v) is 19.5. The van der Waals surface area contributed by atoms with Gasteiger partial charge in [0, 0.05) is 28.4 Å². The summed E-state index contributed by atoms with van der Waals surface area (Å²) in [4.78, 5) is 13.9. The Morgan fingerprint density at radius 2 is 2.13 bits per heavy atom. The first-order valence-electron chi connectivity index (χ1n) is 9.86. The van der Waals surface area contributed by atoms with Crippen LogP contribution in [0.15, 0.2) is 47.5 Å². The first-order valence-corrected chi connectivity index (χ1v) is 11.7. The Bertz CT molecular complexity index is 1050. The van der Waals surface area contributed by atoms with E-state index < -0.39 is 0 Å². The van der Waals surface area contributed by atoms with Crippen molar-refractivity contribution >= 4 is 34.7 Å². The third kappa shape index (κ3) is 5.68. The minimum atomic E-state index is -0.163. The van der Waals surface area contributed by atoms with Gasteiger partial charge in [0.15, 0.2) is 11.0 Å². The minimum Gasteiger partial charge on any atom is -0.497 e. The van der Waals surface area contributed by atoms with Crippen molar-refractivity contribution in [2.45, 2.75) is 31.5 Å². The number of nitrogens with zero attached hydrogens (tertiary/aromatic N) is 3. The van der Waals surface area contributed by atoms with E-state index in [9.17, 15) is 4.79 Å². The molecule has 0 bridgehead atoms. The lowest BCUT2D eigenvalue weighted by Crippen LogP contribution is -2.15. The summed E-state index contributed by atoms with van der Waals surface area (Å²) in [5, 5.41) is 14.3. The molecule has 31 heavy (non-hydrogen) atoms. The molecular weight excluding hydrogens is 432 g/mol. The van der Waals surface area contributed by atoms with E-state index in [-0.39, 0.29) is 11.7 Å². The number of rotatable bonds is 11. The molecule has 2 aromatic heterocycles. The zero-order chi connectivity index (χ0) is 22.2. The zero-order valence-electron chi connectivity index (χ0n) is 17.9. The van der Waals surface area contributed by atoms with Crippen molar-refractivity contribution in [1.29, 1.82) is 0 Å². The molecule has 0 radical (unpaired) electrons. The van der Waals surface area contributed by atoms with Crippen LogP contribution in [0.4, 0.5) is 5.69 Å². The summed E-state index contributed by atoms with van der Waals surface area (Å²) < 4.78 is 12.5. The summed E-state index contributed by atoms with van der Waals surface area (Å²) in [5.41, 5.74) is 1.63. The SMILES string of the molecule is C=CCn1c(SCC(=O)Nc2ccc(OC)cc2OC)nnc1-c1csc(CCC)c1. The van der Waals surface area contributed by atoms with Gasteiger partial charge in [-0.05, 0) is 24.6 Å². The lowest BCUT2D eigenvalue weighted by Gasteiger charge is -2.11. The number of hydrogen-bond donors (Lipinski definition) is 1. The van der Waals surface area contributed by atoms with Crippen molar-refractivity contribution in [2.24, 2.45) is 0 Å². The van der Waals surface area contributed by atoms with Gasteiger partial charge in [0.05, 0.1) is 25.7 Å². The molecule has 0 unspecified atom stereocenters. The summed E-state index contributed by atoms with van der Waals surface area (Å²) in [6.07, 6.45) is 3.96. The van der Waals surface area contributed by atoms with Gasteiger partial charge in [0.1, 0.15) is 11.5 Å². The van der Waals surface area contributed by atoms with Gasteiger partial charge in [-0.25, -0.2) is 0 Å². The standard InChI is InChI=1S/C22H26N4O3S2/c1-5-7-17-11-15(13-30-17)21-24-25-22(26(21)10-6-2)31-14-20(27)23-18-9-8-16(28-3)12-19(18)29-4/h6,8-9,11-13H,2,5,7,10,14H2,1,3-4H3,(H,23,27). The fourth-order valence-electron chi connectivity index (χ4n) is 3.00. The number of carbonyl (C=O) groups is 1. The molecule has 3 aromatic rings. The molecule has 1 N–H and O–H groups in total. The van der Waals surface area contributed by atoms with Crippen LogP contribution >= 0.6 is 23.1 Å². The van der Waals surface area contributed by atoms with E-state index in [2.05, 4.69) is 40.5 Å². The Labute approximate surface area is 190 Å². The van der Waals surface area contributed by atoms with E-state index in [1.165, 1.54) is 16.6 Å². The van der Waals surface area contributed by atoms with E-state index >= 15 is 0 Å². The Balaban J connectivity index is 1.70. The van der Waals surface area contributed by atoms with Gasteiger partial charge < -0.3 is 14.8 Å². The van der Waals surface area contributed by atoms with Crippen molar-refractivity contribution in [3.05, 3.63) is 47.2 Å². The molecule has 0 aliphatic rings. The van der Waals surface area contributed by atoms with Crippen molar-refractivity contribution in [3.63, 3.8) is 0 Å². The number of carbonyl (C=O) groups excluding carboxylic acids is 1. The maximum absolute atomic E-state index is 12.5. The van der Waals surface area contributed by atoms with Gasteiger partial charge >= 0.3 is 0 Å². The van der Waals surface area contributed by atoms with Gasteiger partial charge in [-0.15, -0.1) is 28.1 Å². The number of thiophene rings is 1. The number of aryl methyl sites for hydroxylation is 1. The smallest absolute Gasteiger partial charge is 0.234 e. The maximum atomic E-state index is 12.5. The third-order valence-corrected chi connectivity index (χ3v) is 6.42. The van der Waals surface area contributed by atoms with Crippen LogP contribution in [0.25, 0.3) is 11.4 Å². The third-order valence-electron chi connectivity index (χ3n) is 4.45. The molecule has 0 aliphatic heterocycles. The number of anilines is 1. The van der Waals surface area contributed by atoms with Crippen LogP contribution in [0, 0.1) is 0 Å². The van der Waals surface area contributed by atoms with Gasteiger partial charge in [-0.3, -0.25) is 9.36 Å². The number of benzene rings is 1. The quantitative estimate of drug-likeness (QED) is 0.325. The number of amides is 1. The predicted molar refractivity (Wildman–Crippen MR) is 126 cm³/mol. The Hall–Kier alpha value is -2.78. The molecule has 164 valence electrons. The van der Waals surface area contributed by atoms with Crippen LogP contribution < -0.4 is 14.8 Å².